The number of nitrogens with zero attached hydrogens (tertiary/aromatic N) is 2. The van der Waals surface area contributed by atoms with Crippen molar-refractivity contribution in [1.82, 2.24) is 20.8 Å². The van der Waals surface area contributed by atoms with Crippen molar-refractivity contribution in [2.45, 2.75) is 26.8 Å². The second kappa shape index (κ2) is 7.61. The van der Waals surface area contributed by atoms with Crippen molar-refractivity contribution in [1.29, 1.82) is 0 Å². The van der Waals surface area contributed by atoms with Gasteiger partial charge in [0.05, 0.1) is 5.69 Å². The molecule has 0 aliphatic heterocycles. The zero-order valence-corrected chi connectivity index (χ0v) is 15.4. The first-order valence-electron chi connectivity index (χ1n) is 8.20. The van der Waals surface area contributed by atoms with Gasteiger partial charge in [-0.1, -0.05) is 16.8 Å². The van der Waals surface area contributed by atoms with Gasteiger partial charge in [-0.05, 0) is 44.0 Å². The zero-order chi connectivity index (χ0) is 17.8. The highest BCUT2D eigenvalue weighted by Gasteiger charge is 2.09. The summed E-state index contributed by atoms with van der Waals surface area (Å²) in [5.74, 6) is 1.58. The summed E-state index contributed by atoms with van der Waals surface area (Å²) < 4.78 is 5.18. The van der Waals surface area contributed by atoms with Gasteiger partial charge < -0.3 is 20.1 Å². The van der Waals surface area contributed by atoms with E-state index in [-0.39, 0.29) is 0 Å². The van der Waals surface area contributed by atoms with Crippen LogP contribution in [0.25, 0.3) is 10.9 Å². The first-order valence-corrected chi connectivity index (χ1v) is 8.58. The highest BCUT2D eigenvalue weighted by Crippen LogP contribution is 2.22. The quantitative estimate of drug-likeness (QED) is 0.482. The summed E-state index contributed by atoms with van der Waals surface area (Å²) in [7, 11) is 1.76. The minimum absolute atomic E-state index is 0.629. The van der Waals surface area contributed by atoms with E-state index in [1.165, 1.54) is 5.56 Å². The van der Waals surface area contributed by atoms with Crippen molar-refractivity contribution in [2.24, 2.45) is 4.99 Å². The summed E-state index contributed by atoms with van der Waals surface area (Å²) in [6.45, 7) is 5.24. The predicted molar refractivity (Wildman–Crippen MR) is 101 cm³/mol. The number of rotatable bonds is 5. The largest absolute Gasteiger partial charge is 0.361 e. The van der Waals surface area contributed by atoms with Crippen molar-refractivity contribution >= 4 is 28.5 Å². The van der Waals surface area contributed by atoms with Crippen molar-refractivity contribution in [2.75, 3.05) is 13.6 Å². The Morgan fingerprint density at radius 2 is 2.16 bits per heavy atom. The Labute approximate surface area is 151 Å². The second-order valence-corrected chi connectivity index (χ2v) is 6.35. The lowest BCUT2D eigenvalue weighted by atomic mass is 10.1. The first-order chi connectivity index (χ1) is 12.1. The van der Waals surface area contributed by atoms with Crippen LogP contribution in [0.5, 0.6) is 0 Å². The number of guanidine groups is 1. The lowest BCUT2D eigenvalue weighted by Crippen LogP contribution is -2.38. The minimum atomic E-state index is 0.629. The maximum atomic E-state index is 6.10. The molecule has 3 N–H and O–H groups in total. The monoisotopic (exact) mass is 359 g/mol. The molecule has 0 amide bonds. The summed E-state index contributed by atoms with van der Waals surface area (Å²) in [5, 5.41) is 12.5. The van der Waals surface area contributed by atoms with E-state index < -0.39 is 0 Å². The lowest BCUT2D eigenvalue weighted by molar-refractivity contribution is 0.392. The van der Waals surface area contributed by atoms with E-state index in [1.54, 1.807) is 7.05 Å². The molecule has 2 aromatic heterocycles. The second-order valence-electron chi connectivity index (χ2n) is 5.91. The van der Waals surface area contributed by atoms with Gasteiger partial charge in [0.2, 0.25) is 0 Å². The molecule has 25 heavy (non-hydrogen) atoms. The van der Waals surface area contributed by atoms with E-state index >= 15 is 0 Å². The average Bonchev–Trinajstić information content (AvgIpc) is 3.14. The lowest BCUT2D eigenvalue weighted by Gasteiger charge is -2.11. The van der Waals surface area contributed by atoms with E-state index in [1.807, 2.05) is 38.2 Å². The highest BCUT2D eigenvalue weighted by molar-refractivity contribution is 6.31. The van der Waals surface area contributed by atoms with Gasteiger partial charge in [0.15, 0.2) is 5.96 Å². The third-order valence-corrected chi connectivity index (χ3v) is 4.49. The molecule has 1 aromatic carbocycles. The van der Waals surface area contributed by atoms with Crippen LogP contribution < -0.4 is 10.6 Å². The smallest absolute Gasteiger partial charge is 0.191 e. The minimum Gasteiger partial charge on any atom is -0.361 e. The van der Waals surface area contributed by atoms with Gasteiger partial charge in [0.1, 0.15) is 5.76 Å². The first kappa shape index (κ1) is 17.4. The molecule has 0 spiro atoms. The Hall–Kier alpha value is -2.47. The number of nitrogens with one attached hydrogen (secondary N) is 3. The molecule has 0 atom stereocenters. The Bertz CT molecular complexity index is 877. The third-order valence-electron chi connectivity index (χ3n) is 4.25. The van der Waals surface area contributed by atoms with E-state index in [0.29, 0.717) is 6.54 Å². The molecule has 3 rings (SSSR count). The van der Waals surface area contributed by atoms with Crippen LogP contribution in [0.4, 0.5) is 0 Å². The van der Waals surface area contributed by atoms with Gasteiger partial charge in [-0.15, -0.1) is 0 Å². The summed E-state index contributed by atoms with van der Waals surface area (Å²) in [6, 6.07) is 5.88. The molecule has 0 radical (unpaired) electrons. The number of aromatic nitrogens is 2. The maximum Gasteiger partial charge on any atom is 0.191 e. The van der Waals surface area contributed by atoms with E-state index in [9.17, 15) is 0 Å². The van der Waals surface area contributed by atoms with Crippen LogP contribution in [0.15, 0.2) is 33.9 Å². The highest BCUT2D eigenvalue weighted by atomic mass is 35.5. The molecule has 6 nitrogen and oxygen atoms in total. The number of hydrogen-bond donors (Lipinski definition) is 3. The molecule has 0 aliphatic carbocycles. The molecule has 0 saturated carbocycles. The summed E-state index contributed by atoms with van der Waals surface area (Å²) in [4.78, 5) is 7.53. The fourth-order valence-corrected chi connectivity index (χ4v) is 2.99. The Morgan fingerprint density at radius 3 is 2.88 bits per heavy atom. The van der Waals surface area contributed by atoms with Crippen LogP contribution in [0.2, 0.25) is 5.02 Å². The number of aryl methyl sites for hydroxylation is 2. The SMILES string of the molecule is CN=C(NCCc1c[nH]c2ccc(Cl)cc12)NCc1c(C)noc1C. The van der Waals surface area contributed by atoms with Crippen molar-refractivity contribution < 1.29 is 4.52 Å². The zero-order valence-electron chi connectivity index (χ0n) is 14.6. The molecule has 0 fully saturated rings. The molecular weight excluding hydrogens is 338 g/mol. The normalized spacial score (nSPS) is 11.9. The van der Waals surface area contributed by atoms with Crippen LogP contribution in [-0.2, 0) is 13.0 Å². The van der Waals surface area contributed by atoms with Crippen molar-refractivity contribution in [3.05, 3.63) is 52.0 Å². The van der Waals surface area contributed by atoms with Gasteiger partial charge in [0, 0.05) is 47.8 Å². The van der Waals surface area contributed by atoms with Gasteiger partial charge in [0.25, 0.3) is 0 Å². The van der Waals surface area contributed by atoms with E-state index in [4.69, 9.17) is 16.1 Å². The standard InChI is InChI=1S/C18H22ClN5O/c1-11-16(12(2)25-24-11)10-23-18(20-3)21-7-6-13-9-22-17-5-4-14(19)8-15(13)17/h4-5,8-9,22H,6-7,10H2,1-3H3,(H2,20,21,23). The van der Waals surface area contributed by atoms with Crippen molar-refractivity contribution in [3.8, 4) is 0 Å². The Kier molecular flexibility index (Phi) is 5.28. The topological polar surface area (TPSA) is 78.2 Å². The number of hydrogen-bond acceptors (Lipinski definition) is 3. The van der Waals surface area contributed by atoms with Crippen LogP contribution in [-0.4, -0.2) is 29.7 Å². The molecule has 2 heterocycles. The summed E-state index contributed by atoms with van der Waals surface area (Å²) >= 11 is 6.10. The molecule has 0 bridgehead atoms. The van der Waals surface area contributed by atoms with Crippen LogP contribution in [0.3, 0.4) is 0 Å². The molecule has 0 saturated heterocycles. The van der Waals surface area contributed by atoms with Gasteiger partial charge >= 0.3 is 0 Å². The maximum absolute atomic E-state index is 6.10. The number of aliphatic imine (C=N–C) groups is 1. The molecule has 0 aliphatic rings. The van der Waals surface area contributed by atoms with Gasteiger partial charge in [-0.3, -0.25) is 4.99 Å². The molecule has 0 unspecified atom stereocenters. The molecule has 3 aromatic rings. The molecule has 132 valence electrons. The Balaban J connectivity index is 1.55. The number of benzene rings is 1. The van der Waals surface area contributed by atoms with Gasteiger partial charge in [-0.2, -0.15) is 0 Å². The molecule has 7 heteroatoms. The van der Waals surface area contributed by atoms with Crippen LogP contribution >= 0.6 is 11.6 Å². The van der Waals surface area contributed by atoms with Crippen LogP contribution in [0.1, 0.15) is 22.6 Å². The summed E-state index contributed by atoms with van der Waals surface area (Å²) in [5.41, 5.74) is 4.29. The number of fused-ring (bicyclic) bond motifs is 1. The fourth-order valence-electron chi connectivity index (χ4n) is 2.82. The van der Waals surface area contributed by atoms with Crippen molar-refractivity contribution in [3.63, 3.8) is 0 Å². The summed E-state index contributed by atoms with van der Waals surface area (Å²) in [6.07, 6.45) is 2.90. The van der Waals surface area contributed by atoms with E-state index in [2.05, 4.69) is 25.8 Å². The number of halogens is 1. The predicted octanol–water partition coefficient (Wildman–Crippen LogP) is 3.33. The fraction of sp³-hybridized carbons (Fsp3) is 0.333. The molecular formula is C18H22ClN5O. The average molecular weight is 360 g/mol. The Morgan fingerprint density at radius 1 is 1.32 bits per heavy atom. The third kappa shape index (κ3) is 3.96. The van der Waals surface area contributed by atoms with E-state index in [0.717, 1.165) is 51.9 Å². The number of H-pyrrole nitrogens is 1. The number of aromatic amines is 1. The van der Waals surface area contributed by atoms with Gasteiger partial charge in [-0.25, -0.2) is 0 Å². The van der Waals surface area contributed by atoms with Crippen LogP contribution in [0, 0.1) is 13.8 Å².